The molecule has 0 radical (unpaired) electrons. The number of nitrogens with zero attached hydrogens (tertiary/aromatic N) is 2. The van der Waals surface area contributed by atoms with Crippen molar-refractivity contribution in [2.45, 2.75) is 6.54 Å². The predicted octanol–water partition coefficient (Wildman–Crippen LogP) is 5.12. The van der Waals surface area contributed by atoms with E-state index in [1.54, 1.807) is 12.1 Å². The third-order valence-corrected chi connectivity index (χ3v) is 5.78. The molecule has 3 heterocycles. The molecule has 0 bridgehead atoms. The van der Waals surface area contributed by atoms with E-state index in [9.17, 15) is 24.5 Å². The molecule has 10 nitrogen and oxygen atoms in total. The molecule has 0 saturated carbocycles. The van der Waals surface area contributed by atoms with Crippen molar-refractivity contribution < 1.29 is 32.9 Å². The van der Waals surface area contributed by atoms with E-state index in [0.717, 1.165) is 16.7 Å². The summed E-state index contributed by atoms with van der Waals surface area (Å²) in [7, 11) is 1.21. The van der Waals surface area contributed by atoms with Gasteiger partial charge in [-0.3, -0.25) is 24.6 Å². The number of carbonyl (C=O) groups excluding carboxylic acids is 3. The quantitative estimate of drug-likeness (QED) is 0.200. The number of halogens is 1. The summed E-state index contributed by atoms with van der Waals surface area (Å²) in [5.74, 6) is -0.387. The Labute approximate surface area is 194 Å². The number of hydrogen-bond acceptors (Lipinski definition) is 9. The van der Waals surface area contributed by atoms with Gasteiger partial charge < -0.3 is 13.6 Å². The first-order valence-corrected chi connectivity index (χ1v) is 10.4. The van der Waals surface area contributed by atoms with E-state index in [1.165, 1.54) is 43.5 Å². The van der Waals surface area contributed by atoms with Crippen LogP contribution in [0.15, 0.2) is 56.2 Å². The predicted molar refractivity (Wildman–Crippen MR) is 117 cm³/mol. The molecule has 1 aliphatic rings. The second kappa shape index (κ2) is 8.96. The highest BCUT2D eigenvalue weighted by Gasteiger charge is 2.36. The van der Waals surface area contributed by atoms with Gasteiger partial charge in [0.15, 0.2) is 0 Å². The van der Waals surface area contributed by atoms with Crippen LogP contribution in [0.2, 0.25) is 5.02 Å². The molecule has 168 valence electrons. The largest absolute Gasteiger partial charge is 0.463 e. The topological polar surface area (TPSA) is 133 Å². The number of methoxy groups -OCH3 is 1. The van der Waals surface area contributed by atoms with E-state index < -0.39 is 22.0 Å². The van der Waals surface area contributed by atoms with Crippen LogP contribution in [0.25, 0.3) is 17.4 Å². The van der Waals surface area contributed by atoms with E-state index in [4.69, 9.17) is 20.4 Å². The Kier molecular flexibility index (Phi) is 6.07. The summed E-state index contributed by atoms with van der Waals surface area (Å²) in [4.78, 5) is 48.0. The molecule has 1 aliphatic heterocycles. The van der Waals surface area contributed by atoms with Gasteiger partial charge in [-0.15, -0.1) is 0 Å². The number of esters is 1. The number of thioether (sulfide) groups is 1. The fourth-order valence-corrected chi connectivity index (χ4v) is 4.07. The molecule has 2 aromatic heterocycles. The van der Waals surface area contributed by atoms with Gasteiger partial charge in [0, 0.05) is 23.8 Å². The fourth-order valence-electron chi connectivity index (χ4n) is 2.99. The summed E-state index contributed by atoms with van der Waals surface area (Å²) in [5.41, 5.74) is 0.286. The minimum absolute atomic E-state index is 0.0389. The SMILES string of the molecule is COC(=O)c1ccc(CN2C(=O)SC(=Cc3ccc(-c4ccc([N+](=O)[O-])cc4Cl)o3)C2=O)o1. The molecule has 0 N–H and O–H groups in total. The molecule has 12 heteroatoms. The third kappa shape index (κ3) is 4.54. The fraction of sp³-hybridized carbons (Fsp3) is 0.0952. The number of benzene rings is 1. The van der Waals surface area contributed by atoms with Crippen LogP contribution in [0.5, 0.6) is 0 Å². The lowest BCUT2D eigenvalue weighted by atomic mass is 10.1. The standard InChI is InChI=1S/C21H13ClN2O8S/c1-30-20(26)17-7-4-13(32-17)10-23-19(25)18(33-21(23)27)9-12-3-6-16(31-12)14-5-2-11(24(28)29)8-15(14)22/h2-9H,10H2,1H3. The monoisotopic (exact) mass is 488 g/mol. The Morgan fingerprint density at radius 1 is 1.21 bits per heavy atom. The number of nitro groups is 1. The number of amides is 2. The molecule has 3 aromatic rings. The van der Waals surface area contributed by atoms with Gasteiger partial charge in [0.1, 0.15) is 17.3 Å². The molecule has 4 rings (SSSR count). The van der Waals surface area contributed by atoms with Gasteiger partial charge in [0.05, 0.1) is 28.5 Å². The molecule has 0 atom stereocenters. The first-order chi connectivity index (χ1) is 15.8. The second-order valence-electron chi connectivity index (χ2n) is 6.65. The van der Waals surface area contributed by atoms with Gasteiger partial charge in [0.25, 0.3) is 16.8 Å². The maximum atomic E-state index is 12.7. The summed E-state index contributed by atoms with van der Waals surface area (Å²) in [6.07, 6.45) is 1.41. The summed E-state index contributed by atoms with van der Waals surface area (Å²) in [6, 6.07) is 10.0. The van der Waals surface area contributed by atoms with Gasteiger partial charge in [-0.25, -0.2) is 4.79 Å². The normalized spacial score (nSPS) is 14.8. The molecule has 2 amide bonds. The highest BCUT2D eigenvalue weighted by molar-refractivity contribution is 8.18. The first-order valence-electron chi connectivity index (χ1n) is 9.23. The van der Waals surface area contributed by atoms with Crippen molar-refractivity contribution in [1.29, 1.82) is 0 Å². The molecule has 0 aliphatic carbocycles. The molecular weight excluding hydrogens is 476 g/mol. The summed E-state index contributed by atoms with van der Waals surface area (Å²) in [5, 5.41) is 10.5. The number of non-ortho nitro benzene ring substituents is 1. The van der Waals surface area contributed by atoms with Crippen LogP contribution in [0.1, 0.15) is 22.1 Å². The summed E-state index contributed by atoms with van der Waals surface area (Å²) >= 11 is 6.86. The van der Waals surface area contributed by atoms with Crippen LogP contribution in [0.4, 0.5) is 10.5 Å². The van der Waals surface area contributed by atoms with Crippen molar-refractivity contribution in [2.75, 3.05) is 7.11 Å². The lowest BCUT2D eigenvalue weighted by Gasteiger charge is -2.09. The Hall–Kier alpha value is -3.83. The summed E-state index contributed by atoms with van der Waals surface area (Å²) in [6.45, 7) is -0.152. The zero-order valence-corrected chi connectivity index (χ0v) is 18.3. The van der Waals surface area contributed by atoms with Crippen LogP contribution < -0.4 is 0 Å². The Bertz CT molecular complexity index is 1330. The highest BCUT2D eigenvalue weighted by Crippen LogP contribution is 2.36. The zero-order chi connectivity index (χ0) is 23.7. The van der Waals surface area contributed by atoms with Crippen LogP contribution in [-0.2, 0) is 16.1 Å². The average Bonchev–Trinajstić information content (AvgIpc) is 3.50. The van der Waals surface area contributed by atoms with Gasteiger partial charge in [-0.2, -0.15) is 0 Å². The van der Waals surface area contributed by atoms with Gasteiger partial charge >= 0.3 is 5.97 Å². The number of ether oxygens (including phenoxy) is 1. The van der Waals surface area contributed by atoms with Gasteiger partial charge in [0.2, 0.25) is 5.76 Å². The van der Waals surface area contributed by atoms with Crippen LogP contribution in [0, 0.1) is 10.1 Å². The second-order valence-corrected chi connectivity index (χ2v) is 8.05. The minimum Gasteiger partial charge on any atom is -0.463 e. The van der Waals surface area contributed by atoms with Crippen molar-refractivity contribution in [3.05, 3.63) is 79.8 Å². The Balaban J connectivity index is 1.51. The third-order valence-electron chi connectivity index (χ3n) is 4.56. The van der Waals surface area contributed by atoms with Crippen molar-refractivity contribution in [1.82, 2.24) is 4.90 Å². The first kappa shape index (κ1) is 22.4. The lowest BCUT2D eigenvalue weighted by Crippen LogP contribution is -2.27. The number of rotatable bonds is 6. The van der Waals surface area contributed by atoms with E-state index in [-0.39, 0.29) is 39.4 Å². The van der Waals surface area contributed by atoms with Crippen molar-refractivity contribution >= 4 is 52.2 Å². The molecule has 1 saturated heterocycles. The van der Waals surface area contributed by atoms with Crippen LogP contribution >= 0.6 is 23.4 Å². The smallest absolute Gasteiger partial charge is 0.373 e. The van der Waals surface area contributed by atoms with E-state index in [0.29, 0.717) is 11.3 Å². The van der Waals surface area contributed by atoms with Crippen molar-refractivity contribution in [3.63, 3.8) is 0 Å². The molecular formula is C21H13ClN2O8S. The number of carbonyl (C=O) groups is 3. The maximum Gasteiger partial charge on any atom is 0.373 e. The molecule has 0 unspecified atom stereocenters. The van der Waals surface area contributed by atoms with Gasteiger partial charge in [-0.1, -0.05) is 11.6 Å². The minimum atomic E-state index is -0.669. The van der Waals surface area contributed by atoms with E-state index >= 15 is 0 Å². The van der Waals surface area contributed by atoms with Crippen molar-refractivity contribution in [2.24, 2.45) is 0 Å². The van der Waals surface area contributed by atoms with Crippen LogP contribution in [0.3, 0.4) is 0 Å². The highest BCUT2D eigenvalue weighted by atomic mass is 35.5. The Morgan fingerprint density at radius 3 is 2.70 bits per heavy atom. The molecule has 1 aromatic carbocycles. The maximum absolute atomic E-state index is 12.7. The number of furan rings is 2. The molecule has 33 heavy (non-hydrogen) atoms. The van der Waals surface area contributed by atoms with Crippen molar-refractivity contribution in [3.8, 4) is 11.3 Å². The number of nitro benzene ring substituents is 1. The van der Waals surface area contributed by atoms with Crippen LogP contribution in [-0.4, -0.2) is 34.0 Å². The average molecular weight is 489 g/mol. The molecule has 1 fully saturated rings. The van der Waals surface area contributed by atoms with E-state index in [2.05, 4.69) is 4.74 Å². The lowest BCUT2D eigenvalue weighted by molar-refractivity contribution is -0.384. The van der Waals surface area contributed by atoms with Gasteiger partial charge in [-0.05, 0) is 42.1 Å². The number of hydrogen-bond donors (Lipinski definition) is 0. The zero-order valence-electron chi connectivity index (χ0n) is 16.8. The van der Waals surface area contributed by atoms with E-state index in [1.807, 2.05) is 0 Å². The molecule has 0 spiro atoms. The number of imide groups is 1. The Morgan fingerprint density at radius 2 is 2.00 bits per heavy atom. The summed E-state index contributed by atoms with van der Waals surface area (Å²) < 4.78 is 15.6.